The Bertz CT molecular complexity index is 642. The number of amides is 1. The Balaban J connectivity index is 1.85. The molecule has 0 saturated heterocycles. The van der Waals surface area contributed by atoms with E-state index in [1.54, 1.807) is 0 Å². The second kappa shape index (κ2) is 4.98. The highest BCUT2D eigenvalue weighted by Crippen LogP contribution is 2.25. The molecule has 3 N–H and O–H groups in total. The van der Waals surface area contributed by atoms with Gasteiger partial charge in [0.05, 0.1) is 0 Å². The van der Waals surface area contributed by atoms with Gasteiger partial charge in [-0.2, -0.15) is 0 Å². The van der Waals surface area contributed by atoms with Gasteiger partial charge in [0.15, 0.2) is 0 Å². The molecule has 0 fully saturated rings. The van der Waals surface area contributed by atoms with Crippen LogP contribution in [0.2, 0.25) is 0 Å². The molecule has 0 radical (unpaired) electrons. The van der Waals surface area contributed by atoms with Crippen molar-refractivity contribution in [1.29, 1.82) is 0 Å². The fourth-order valence-electron chi connectivity index (χ4n) is 2.64. The van der Waals surface area contributed by atoms with Gasteiger partial charge in [-0.15, -0.1) is 0 Å². The van der Waals surface area contributed by atoms with E-state index >= 15 is 0 Å². The summed E-state index contributed by atoms with van der Waals surface area (Å²) in [5.74, 6) is 5.45. The van der Waals surface area contributed by atoms with Crippen molar-refractivity contribution in [2.24, 2.45) is 5.84 Å². The van der Waals surface area contributed by atoms with Crippen LogP contribution in [0.4, 0.5) is 5.69 Å². The maximum Gasteiger partial charge on any atom is 0.254 e. The number of hydrazine groups is 1. The van der Waals surface area contributed by atoms with Crippen molar-refractivity contribution >= 4 is 11.6 Å². The predicted molar refractivity (Wildman–Crippen MR) is 79.0 cm³/mol. The SMILES string of the molecule is Cc1cc(NN)ccc1C(=O)N1Cc2ccccc2C1. The average molecular weight is 267 g/mol. The summed E-state index contributed by atoms with van der Waals surface area (Å²) in [6.07, 6.45) is 0. The maximum atomic E-state index is 12.6. The number of fused-ring (bicyclic) bond motifs is 1. The average Bonchev–Trinajstić information content (AvgIpc) is 2.90. The molecule has 0 aliphatic carbocycles. The van der Waals surface area contributed by atoms with Crippen molar-refractivity contribution in [1.82, 2.24) is 4.90 Å². The summed E-state index contributed by atoms with van der Waals surface area (Å²) in [6.45, 7) is 3.30. The first-order valence-corrected chi connectivity index (χ1v) is 6.62. The summed E-state index contributed by atoms with van der Waals surface area (Å²) in [5.41, 5.74) is 7.54. The molecule has 0 bridgehead atoms. The standard InChI is InChI=1S/C16H17N3O/c1-11-8-14(18-17)6-7-15(11)16(20)19-9-12-4-2-3-5-13(12)10-19/h2-8,18H,9-10,17H2,1H3. The molecule has 4 heteroatoms. The number of nitrogens with two attached hydrogens (primary N) is 1. The first kappa shape index (κ1) is 12.7. The summed E-state index contributed by atoms with van der Waals surface area (Å²) in [6, 6.07) is 13.7. The molecule has 102 valence electrons. The minimum absolute atomic E-state index is 0.0715. The number of nitrogens with zero attached hydrogens (tertiary/aromatic N) is 1. The Morgan fingerprint density at radius 3 is 2.35 bits per heavy atom. The van der Waals surface area contributed by atoms with E-state index in [4.69, 9.17) is 5.84 Å². The molecule has 0 aromatic heterocycles. The van der Waals surface area contributed by atoms with Gasteiger partial charge in [-0.05, 0) is 41.8 Å². The van der Waals surface area contributed by atoms with Gasteiger partial charge >= 0.3 is 0 Å². The lowest BCUT2D eigenvalue weighted by Gasteiger charge is -2.17. The third-order valence-electron chi connectivity index (χ3n) is 3.75. The number of carbonyl (C=O) groups is 1. The summed E-state index contributed by atoms with van der Waals surface area (Å²) in [4.78, 5) is 14.5. The fraction of sp³-hybridized carbons (Fsp3) is 0.188. The first-order valence-electron chi connectivity index (χ1n) is 6.62. The monoisotopic (exact) mass is 267 g/mol. The van der Waals surface area contributed by atoms with Crippen LogP contribution in [0.5, 0.6) is 0 Å². The van der Waals surface area contributed by atoms with Crippen molar-refractivity contribution in [3.8, 4) is 0 Å². The van der Waals surface area contributed by atoms with Gasteiger partial charge in [-0.3, -0.25) is 10.6 Å². The minimum Gasteiger partial charge on any atom is -0.330 e. The zero-order valence-corrected chi connectivity index (χ0v) is 11.4. The third-order valence-corrected chi connectivity index (χ3v) is 3.75. The van der Waals surface area contributed by atoms with Gasteiger partial charge in [-0.1, -0.05) is 24.3 Å². The molecule has 0 spiro atoms. The smallest absolute Gasteiger partial charge is 0.254 e. The van der Waals surface area contributed by atoms with Gasteiger partial charge in [0, 0.05) is 24.3 Å². The zero-order valence-electron chi connectivity index (χ0n) is 11.4. The molecule has 2 aromatic rings. The molecule has 0 unspecified atom stereocenters. The van der Waals surface area contributed by atoms with Crippen LogP contribution in [0.25, 0.3) is 0 Å². The van der Waals surface area contributed by atoms with Crippen LogP contribution < -0.4 is 11.3 Å². The Hall–Kier alpha value is -2.33. The molecular formula is C16H17N3O. The molecule has 0 saturated carbocycles. The number of rotatable bonds is 2. The van der Waals surface area contributed by atoms with E-state index in [9.17, 15) is 4.79 Å². The quantitative estimate of drug-likeness (QED) is 0.649. The number of hydrogen-bond acceptors (Lipinski definition) is 3. The Labute approximate surface area is 118 Å². The second-order valence-corrected chi connectivity index (χ2v) is 5.10. The van der Waals surface area contributed by atoms with Gasteiger partial charge in [0.25, 0.3) is 5.91 Å². The van der Waals surface area contributed by atoms with Gasteiger partial charge in [-0.25, -0.2) is 0 Å². The Morgan fingerprint density at radius 1 is 1.15 bits per heavy atom. The summed E-state index contributed by atoms with van der Waals surface area (Å²) in [7, 11) is 0. The lowest BCUT2D eigenvalue weighted by atomic mass is 10.1. The van der Waals surface area contributed by atoms with Crippen LogP contribution in [0, 0.1) is 6.92 Å². The third kappa shape index (κ3) is 2.14. The van der Waals surface area contributed by atoms with Crippen molar-refractivity contribution in [2.75, 3.05) is 5.43 Å². The molecule has 1 heterocycles. The number of aryl methyl sites for hydroxylation is 1. The molecule has 3 rings (SSSR count). The van der Waals surface area contributed by atoms with Gasteiger partial charge in [0.1, 0.15) is 0 Å². The number of nitrogens with one attached hydrogen (secondary N) is 1. The molecule has 1 aliphatic rings. The summed E-state index contributed by atoms with van der Waals surface area (Å²) >= 11 is 0. The topological polar surface area (TPSA) is 58.4 Å². The highest BCUT2D eigenvalue weighted by molar-refractivity contribution is 5.96. The Morgan fingerprint density at radius 2 is 1.80 bits per heavy atom. The molecule has 0 atom stereocenters. The lowest BCUT2D eigenvalue weighted by Crippen LogP contribution is -2.26. The summed E-state index contributed by atoms with van der Waals surface area (Å²) in [5, 5.41) is 0. The predicted octanol–water partition coefficient (Wildman–Crippen LogP) is 2.44. The molecule has 20 heavy (non-hydrogen) atoms. The van der Waals surface area contributed by atoms with E-state index in [1.165, 1.54) is 11.1 Å². The van der Waals surface area contributed by atoms with Crippen LogP contribution in [-0.4, -0.2) is 10.8 Å². The van der Waals surface area contributed by atoms with E-state index in [1.807, 2.05) is 42.2 Å². The van der Waals surface area contributed by atoms with Crippen LogP contribution in [0.3, 0.4) is 0 Å². The maximum absolute atomic E-state index is 12.6. The first-order chi connectivity index (χ1) is 9.69. The second-order valence-electron chi connectivity index (χ2n) is 5.10. The van der Waals surface area contributed by atoms with E-state index < -0.39 is 0 Å². The van der Waals surface area contributed by atoms with Crippen molar-refractivity contribution in [3.05, 3.63) is 64.7 Å². The van der Waals surface area contributed by atoms with E-state index in [2.05, 4.69) is 17.6 Å². The highest BCUT2D eigenvalue weighted by Gasteiger charge is 2.24. The summed E-state index contributed by atoms with van der Waals surface area (Å²) < 4.78 is 0. The molecular weight excluding hydrogens is 250 g/mol. The van der Waals surface area contributed by atoms with Crippen molar-refractivity contribution in [2.45, 2.75) is 20.0 Å². The molecule has 2 aromatic carbocycles. The zero-order chi connectivity index (χ0) is 14.1. The van der Waals surface area contributed by atoms with Crippen molar-refractivity contribution < 1.29 is 4.79 Å². The number of nitrogen functional groups attached to an aromatic ring is 1. The highest BCUT2D eigenvalue weighted by atomic mass is 16.2. The van der Waals surface area contributed by atoms with Crippen LogP contribution >= 0.6 is 0 Å². The Kier molecular flexibility index (Phi) is 3.16. The molecule has 1 aliphatic heterocycles. The number of anilines is 1. The molecule has 1 amide bonds. The normalized spacial score (nSPS) is 13.2. The number of carbonyl (C=O) groups excluding carboxylic acids is 1. The van der Waals surface area contributed by atoms with Crippen LogP contribution in [0.1, 0.15) is 27.0 Å². The largest absolute Gasteiger partial charge is 0.330 e. The van der Waals surface area contributed by atoms with E-state index in [-0.39, 0.29) is 5.91 Å². The van der Waals surface area contributed by atoms with Gasteiger partial charge in [0.2, 0.25) is 0 Å². The minimum atomic E-state index is 0.0715. The lowest BCUT2D eigenvalue weighted by molar-refractivity contribution is 0.0750. The van der Waals surface area contributed by atoms with Crippen molar-refractivity contribution in [3.63, 3.8) is 0 Å². The molecule has 4 nitrogen and oxygen atoms in total. The number of benzene rings is 2. The van der Waals surface area contributed by atoms with E-state index in [0.717, 1.165) is 16.8 Å². The fourth-order valence-corrected chi connectivity index (χ4v) is 2.64. The van der Waals surface area contributed by atoms with Gasteiger partial charge < -0.3 is 10.3 Å². The van der Waals surface area contributed by atoms with E-state index in [0.29, 0.717) is 13.1 Å². The van der Waals surface area contributed by atoms with Crippen LogP contribution in [0.15, 0.2) is 42.5 Å². The number of hydrogen-bond donors (Lipinski definition) is 2. The van der Waals surface area contributed by atoms with Crippen LogP contribution in [-0.2, 0) is 13.1 Å².